The molecular formula is C15H22N2O3. The summed E-state index contributed by atoms with van der Waals surface area (Å²) < 4.78 is 5.68. The Hall–Kier alpha value is -1.59. The summed E-state index contributed by atoms with van der Waals surface area (Å²) >= 11 is 0. The van der Waals surface area contributed by atoms with Gasteiger partial charge in [-0.1, -0.05) is 12.1 Å². The molecule has 0 aliphatic carbocycles. The minimum Gasteiger partial charge on any atom is -0.492 e. The summed E-state index contributed by atoms with van der Waals surface area (Å²) in [7, 11) is 0. The third kappa shape index (κ3) is 3.71. The van der Waals surface area contributed by atoms with Gasteiger partial charge in [0.25, 0.3) is 5.91 Å². The summed E-state index contributed by atoms with van der Waals surface area (Å²) in [6.07, 6.45) is 1.21. The van der Waals surface area contributed by atoms with Gasteiger partial charge >= 0.3 is 0 Å². The molecule has 1 aromatic rings. The Morgan fingerprint density at radius 3 is 3.05 bits per heavy atom. The number of ether oxygens (including phenoxy) is 1. The largest absolute Gasteiger partial charge is 0.492 e. The standard InChI is InChI=1S/C15H22N2O3/c1-12-4-2-5-13(10-12)20-9-8-17-7-3-6-15(19,11-17)14(16)18/h2,4-5,10,19H,3,6-9,11H2,1H3,(H2,16,18)/t15-/m1/s1. The van der Waals surface area contributed by atoms with E-state index in [2.05, 4.69) is 0 Å². The molecule has 0 saturated carbocycles. The number of nitrogens with two attached hydrogens (primary N) is 1. The number of β-amino-alcohol motifs (C(OH)–C–C–N with tert-alkyl or cyclic N) is 1. The van der Waals surface area contributed by atoms with Gasteiger partial charge in [0.2, 0.25) is 0 Å². The zero-order valence-electron chi connectivity index (χ0n) is 11.8. The van der Waals surface area contributed by atoms with Crippen LogP contribution in [0.2, 0.25) is 0 Å². The number of primary amides is 1. The molecule has 0 unspecified atom stereocenters. The molecule has 1 heterocycles. The highest BCUT2D eigenvalue weighted by Crippen LogP contribution is 2.20. The van der Waals surface area contributed by atoms with Gasteiger partial charge in [0, 0.05) is 13.1 Å². The van der Waals surface area contributed by atoms with Crippen molar-refractivity contribution in [2.75, 3.05) is 26.2 Å². The van der Waals surface area contributed by atoms with E-state index in [1.54, 1.807) is 0 Å². The first kappa shape index (κ1) is 14.8. The summed E-state index contributed by atoms with van der Waals surface area (Å²) in [4.78, 5) is 13.3. The number of amides is 1. The Morgan fingerprint density at radius 2 is 2.35 bits per heavy atom. The fourth-order valence-corrected chi connectivity index (χ4v) is 2.51. The maximum Gasteiger partial charge on any atom is 0.250 e. The first-order chi connectivity index (χ1) is 9.49. The highest BCUT2D eigenvalue weighted by Gasteiger charge is 2.38. The first-order valence-corrected chi connectivity index (χ1v) is 6.94. The molecule has 1 fully saturated rings. The van der Waals surface area contributed by atoms with Crippen molar-refractivity contribution in [1.29, 1.82) is 0 Å². The molecule has 2 rings (SSSR count). The van der Waals surface area contributed by atoms with Crippen molar-refractivity contribution in [3.63, 3.8) is 0 Å². The number of carbonyl (C=O) groups excluding carboxylic acids is 1. The summed E-state index contributed by atoms with van der Waals surface area (Å²) in [5.41, 5.74) is 5.02. The second-order valence-electron chi connectivity index (χ2n) is 5.44. The molecule has 20 heavy (non-hydrogen) atoms. The predicted octanol–water partition coefficient (Wildman–Crippen LogP) is 0.686. The fraction of sp³-hybridized carbons (Fsp3) is 0.533. The fourth-order valence-electron chi connectivity index (χ4n) is 2.51. The smallest absolute Gasteiger partial charge is 0.250 e. The van der Waals surface area contributed by atoms with Gasteiger partial charge in [0.15, 0.2) is 5.60 Å². The molecule has 1 saturated heterocycles. The topological polar surface area (TPSA) is 75.8 Å². The SMILES string of the molecule is Cc1cccc(OCCN2CCC[C@](O)(C(N)=O)C2)c1. The lowest BCUT2D eigenvalue weighted by Crippen LogP contribution is -2.56. The maximum absolute atomic E-state index is 11.3. The van der Waals surface area contributed by atoms with Gasteiger partial charge in [-0.25, -0.2) is 0 Å². The number of hydrogen-bond donors (Lipinski definition) is 2. The third-order valence-corrected chi connectivity index (χ3v) is 3.67. The summed E-state index contributed by atoms with van der Waals surface area (Å²) in [5.74, 6) is 0.203. The zero-order valence-corrected chi connectivity index (χ0v) is 11.8. The van der Waals surface area contributed by atoms with Gasteiger partial charge < -0.3 is 15.6 Å². The van der Waals surface area contributed by atoms with E-state index in [0.29, 0.717) is 26.1 Å². The monoisotopic (exact) mass is 278 g/mol. The average Bonchev–Trinajstić information content (AvgIpc) is 2.39. The molecule has 1 atom stereocenters. The molecular weight excluding hydrogens is 256 g/mol. The highest BCUT2D eigenvalue weighted by molar-refractivity contribution is 5.83. The van der Waals surface area contributed by atoms with Gasteiger partial charge in [-0.3, -0.25) is 9.69 Å². The average molecular weight is 278 g/mol. The van der Waals surface area contributed by atoms with Crippen molar-refractivity contribution in [3.8, 4) is 5.75 Å². The first-order valence-electron chi connectivity index (χ1n) is 6.94. The molecule has 1 aromatic carbocycles. The van der Waals surface area contributed by atoms with Crippen LogP contribution in [-0.4, -0.2) is 47.8 Å². The Bertz CT molecular complexity index is 478. The van der Waals surface area contributed by atoms with Crippen LogP contribution in [0.1, 0.15) is 18.4 Å². The lowest BCUT2D eigenvalue weighted by atomic mass is 9.92. The molecule has 1 aliphatic heterocycles. The lowest BCUT2D eigenvalue weighted by Gasteiger charge is -2.36. The highest BCUT2D eigenvalue weighted by atomic mass is 16.5. The number of aryl methyl sites for hydroxylation is 1. The number of carbonyl (C=O) groups is 1. The van der Waals surface area contributed by atoms with E-state index in [1.807, 2.05) is 36.1 Å². The molecule has 0 aromatic heterocycles. The lowest BCUT2D eigenvalue weighted by molar-refractivity contribution is -0.142. The summed E-state index contributed by atoms with van der Waals surface area (Å²) in [6.45, 7) is 4.36. The molecule has 5 nitrogen and oxygen atoms in total. The number of hydrogen-bond acceptors (Lipinski definition) is 4. The Labute approximate surface area is 119 Å². The third-order valence-electron chi connectivity index (χ3n) is 3.67. The van der Waals surface area contributed by atoms with Gasteiger partial charge in [0.1, 0.15) is 12.4 Å². The van der Waals surface area contributed by atoms with Crippen LogP contribution in [0.15, 0.2) is 24.3 Å². The van der Waals surface area contributed by atoms with Crippen molar-refractivity contribution in [2.24, 2.45) is 5.73 Å². The molecule has 3 N–H and O–H groups in total. The second kappa shape index (κ2) is 6.24. The number of likely N-dealkylation sites (tertiary alicyclic amines) is 1. The Balaban J connectivity index is 1.81. The van der Waals surface area contributed by atoms with Crippen molar-refractivity contribution >= 4 is 5.91 Å². The van der Waals surface area contributed by atoms with Gasteiger partial charge in [-0.15, -0.1) is 0 Å². The number of piperidine rings is 1. The van der Waals surface area contributed by atoms with E-state index in [0.717, 1.165) is 24.3 Å². The minimum atomic E-state index is -1.39. The van der Waals surface area contributed by atoms with E-state index in [4.69, 9.17) is 10.5 Å². The van der Waals surface area contributed by atoms with Gasteiger partial charge in [-0.05, 0) is 44.0 Å². The number of nitrogens with zero attached hydrogens (tertiary/aromatic N) is 1. The van der Waals surface area contributed by atoms with Crippen molar-refractivity contribution in [1.82, 2.24) is 4.90 Å². The van der Waals surface area contributed by atoms with Crippen LogP contribution in [0.5, 0.6) is 5.75 Å². The Kier molecular flexibility index (Phi) is 4.62. The van der Waals surface area contributed by atoms with E-state index >= 15 is 0 Å². The van der Waals surface area contributed by atoms with E-state index in [9.17, 15) is 9.90 Å². The molecule has 1 amide bonds. The van der Waals surface area contributed by atoms with Crippen LogP contribution in [0.25, 0.3) is 0 Å². The maximum atomic E-state index is 11.3. The van der Waals surface area contributed by atoms with Crippen molar-refractivity contribution in [2.45, 2.75) is 25.4 Å². The van der Waals surface area contributed by atoms with E-state index in [-0.39, 0.29) is 0 Å². The van der Waals surface area contributed by atoms with Crippen LogP contribution in [0, 0.1) is 6.92 Å². The van der Waals surface area contributed by atoms with E-state index < -0.39 is 11.5 Å². The quantitative estimate of drug-likeness (QED) is 0.830. The molecule has 0 bridgehead atoms. The molecule has 0 spiro atoms. The van der Waals surface area contributed by atoms with Crippen LogP contribution < -0.4 is 10.5 Å². The van der Waals surface area contributed by atoms with Crippen LogP contribution in [0.4, 0.5) is 0 Å². The number of aliphatic hydroxyl groups is 1. The number of benzene rings is 1. The molecule has 110 valence electrons. The minimum absolute atomic E-state index is 0.291. The molecule has 1 aliphatic rings. The normalized spacial score (nSPS) is 23.5. The second-order valence-corrected chi connectivity index (χ2v) is 5.44. The number of rotatable bonds is 5. The summed E-state index contributed by atoms with van der Waals surface area (Å²) in [5, 5.41) is 10.1. The molecule has 0 radical (unpaired) electrons. The van der Waals surface area contributed by atoms with Gasteiger partial charge in [-0.2, -0.15) is 0 Å². The van der Waals surface area contributed by atoms with Crippen molar-refractivity contribution < 1.29 is 14.6 Å². The van der Waals surface area contributed by atoms with Gasteiger partial charge in [0.05, 0.1) is 0 Å². The van der Waals surface area contributed by atoms with Crippen molar-refractivity contribution in [3.05, 3.63) is 29.8 Å². The molecule has 5 heteroatoms. The predicted molar refractivity (Wildman–Crippen MR) is 76.5 cm³/mol. The summed E-state index contributed by atoms with van der Waals surface area (Å²) in [6, 6.07) is 7.88. The van der Waals surface area contributed by atoms with Crippen LogP contribution >= 0.6 is 0 Å². The zero-order chi connectivity index (χ0) is 14.6. The Morgan fingerprint density at radius 1 is 1.55 bits per heavy atom. The van der Waals surface area contributed by atoms with Crippen LogP contribution in [0.3, 0.4) is 0 Å². The van der Waals surface area contributed by atoms with E-state index in [1.165, 1.54) is 0 Å². The van der Waals surface area contributed by atoms with Crippen LogP contribution in [-0.2, 0) is 4.79 Å².